The van der Waals surface area contributed by atoms with Gasteiger partial charge in [-0.25, -0.2) is 4.98 Å². The molecule has 1 amide bonds. The highest BCUT2D eigenvalue weighted by atomic mass is 16.7. The van der Waals surface area contributed by atoms with Crippen molar-refractivity contribution in [1.82, 2.24) is 15.2 Å². The largest absolute Gasteiger partial charge is 0.454 e. The number of anilines is 1. The predicted molar refractivity (Wildman–Crippen MR) is 107 cm³/mol. The van der Waals surface area contributed by atoms with E-state index in [4.69, 9.17) is 9.47 Å². The molecule has 1 aromatic heterocycles. The Bertz CT molecular complexity index is 817. The number of carbonyl (C=O) groups excluding carboxylic acids is 1. The molecule has 7 nitrogen and oxygen atoms in total. The van der Waals surface area contributed by atoms with Crippen LogP contribution in [0.15, 0.2) is 36.5 Å². The van der Waals surface area contributed by atoms with Crippen LogP contribution in [0.4, 0.5) is 5.82 Å². The minimum atomic E-state index is -0.0607. The number of nitrogens with one attached hydrogen (secondary N) is 1. The molecule has 148 valence electrons. The molecule has 0 radical (unpaired) electrons. The van der Waals surface area contributed by atoms with Gasteiger partial charge in [-0.15, -0.1) is 0 Å². The van der Waals surface area contributed by atoms with E-state index in [2.05, 4.69) is 32.2 Å². The molecule has 0 saturated carbocycles. The van der Waals surface area contributed by atoms with Gasteiger partial charge in [0.1, 0.15) is 5.82 Å². The number of fused-ring (bicyclic) bond motifs is 1. The van der Waals surface area contributed by atoms with Gasteiger partial charge >= 0.3 is 0 Å². The molecule has 28 heavy (non-hydrogen) atoms. The second-order valence-corrected chi connectivity index (χ2v) is 7.11. The molecule has 1 N–H and O–H groups in total. The Balaban J connectivity index is 1.29. The highest BCUT2D eigenvalue weighted by Crippen LogP contribution is 2.32. The van der Waals surface area contributed by atoms with Crippen molar-refractivity contribution >= 4 is 11.7 Å². The van der Waals surface area contributed by atoms with Gasteiger partial charge in [0.2, 0.25) is 6.79 Å². The van der Waals surface area contributed by atoms with E-state index in [-0.39, 0.29) is 5.91 Å². The molecule has 3 heterocycles. The molecule has 0 aliphatic carbocycles. The van der Waals surface area contributed by atoms with Gasteiger partial charge in [0.15, 0.2) is 11.5 Å². The summed E-state index contributed by atoms with van der Waals surface area (Å²) in [6.45, 7) is 7.69. The van der Waals surface area contributed by atoms with Crippen molar-refractivity contribution < 1.29 is 14.3 Å². The van der Waals surface area contributed by atoms with Crippen LogP contribution in [-0.4, -0.2) is 55.3 Å². The third kappa shape index (κ3) is 4.20. The first-order valence-corrected chi connectivity index (χ1v) is 9.83. The van der Waals surface area contributed by atoms with Gasteiger partial charge in [0, 0.05) is 45.5 Å². The maximum atomic E-state index is 12.0. The van der Waals surface area contributed by atoms with Gasteiger partial charge in [-0.2, -0.15) is 0 Å². The highest BCUT2D eigenvalue weighted by molar-refractivity contribution is 5.94. The van der Waals surface area contributed by atoms with Crippen LogP contribution in [0.5, 0.6) is 11.5 Å². The number of hydrogen-bond acceptors (Lipinski definition) is 6. The van der Waals surface area contributed by atoms with E-state index < -0.39 is 0 Å². The van der Waals surface area contributed by atoms with Crippen LogP contribution >= 0.6 is 0 Å². The summed E-state index contributed by atoms with van der Waals surface area (Å²) in [7, 11) is 0. The fourth-order valence-electron chi connectivity index (χ4n) is 3.48. The number of rotatable bonds is 6. The highest BCUT2D eigenvalue weighted by Gasteiger charge is 2.20. The average molecular weight is 382 g/mol. The number of ether oxygens (including phenoxy) is 2. The lowest BCUT2D eigenvalue weighted by molar-refractivity contribution is 0.0953. The number of aromatic nitrogens is 1. The fourth-order valence-corrected chi connectivity index (χ4v) is 3.48. The van der Waals surface area contributed by atoms with Crippen LogP contribution in [0.1, 0.15) is 29.3 Å². The van der Waals surface area contributed by atoms with Gasteiger partial charge in [-0.05, 0) is 36.2 Å². The number of benzene rings is 1. The summed E-state index contributed by atoms with van der Waals surface area (Å²) in [6.07, 6.45) is 2.59. The molecule has 2 aliphatic heterocycles. The maximum absolute atomic E-state index is 12.0. The van der Waals surface area contributed by atoms with Gasteiger partial charge in [-0.1, -0.05) is 13.0 Å². The Hall–Kier alpha value is -2.80. The van der Waals surface area contributed by atoms with Crippen LogP contribution in [-0.2, 0) is 6.54 Å². The molecule has 2 aromatic rings. The van der Waals surface area contributed by atoms with Crippen molar-refractivity contribution in [3.8, 4) is 11.5 Å². The van der Waals surface area contributed by atoms with Crippen molar-refractivity contribution in [2.45, 2.75) is 19.9 Å². The first-order chi connectivity index (χ1) is 13.7. The minimum Gasteiger partial charge on any atom is -0.454 e. The Morgan fingerprint density at radius 1 is 1.11 bits per heavy atom. The van der Waals surface area contributed by atoms with Gasteiger partial charge in [0.25, 0.3) is 5.91 Å². The number of carbonyl (C=O) groups is 1. The molecular weight excluding hydrogens is 356 g/mol. The second kappa shape index (κ2) is 8.48. The standard InChI is InChI=1S/C21H26N4O3/c1-2-7-22-21(26)17-4-6-20(23-13-17)25-10-8-24(9-11-25)14-16-3-5-18-19(12-16)28-15-27-18/h3-6,12-13H,2,7-11,14-15H2,1H3,(H,22,26). The molecule has 4 rings (SSSR count). The summed E-state index contributed by atoms with van der Waals surface area (Å²) in [6, 6.07) is 9.94. The minimum absolute atomic E-state index is 0.0607. The first kappa shape index (κ1) is 18.6. The third-order valence-electron chi connectivity index (χ3n) is 5.09. The number of nitrogens with zero attached hydrogens (tertiary/aromatic N) is 3. The summed E-state index contributed by atoms with van der Waals surface area (Å²) >= 11 is 0. The van der Waals surface area contributed by atoms with Gasteiger partial charge in [0.05, 0.1) is 5.56 Å². The molecule has 1 saturated heterocycles. The number of hydrogen-bond donors (Lipinski definition) is 1. The topological polar surface area (TPSA) is 66.9 Å². The average Bonchev–Trinajstić information content (AvgIpc) is 3.20. The van der Waals surface area contributed by atoms with E-state index in [1.807, 2.05) is 25.1 Å². The quantitative estimate of drug-likeness (QED) is 0.827. The van der Waals surface area contributed by atoms with Crippen LogP contribution in [0, 0.1) is 0 Å². The van der Waals surface area contributed by atoms with Crippen LogP contribution in [0.3, 0.4) is 0 Å². The van der Waals surface area contributed by atoms with Crippen LogP contribution < -0.4 is 19.7 Å². The van der Waals surface area contributed by atoms with E-state index in [0.717, 1.165) is 56.5 Å². The van der Waals surface area contributed by atoms with Gasteiger partial charge < -0.3 is 19.7 Å². The lowest BCUT2D eigenvalue weighted by Crippen LogP contribution is -2.46. The van der Waals surface area contributed by atoms with Crippen molar-refractivity contribution in [2.75, 3.05) is 44.4 Å². The Morgan fingerprint density at radius 2 is 1.93 bits per heavy atom. The first-order valence-electron chi connectivity index (χ1n) is 9.83. The van der Waals surface area contributed by atoms with Crippen LogP contribution in [0.25, 0.3) is 0 Å². The van der Waals surface area contributed by atoms with Crippen molar-refractivity contribution in [3.63, 3.8) is 0 Å². The third-order valence-corrected chi connectivity index (χ3v) is 5.09. The lowest BCUT2D eigenvalue weighted by atomic mass is 10.1. The molecule has 1 aromatic carbocycles. The summed E-state index contributed by atoms with van der Waals surface area (Å²) in [5, 5.41) is 2.88. The zero-order valence-electron chi connectivity index (χ0n) is 16.2. The smallest absolute Gasteiger partial charge is 0.252 e. The molecule has 2 aliphatic rings. The normalized spacial score (nSPS) is 16.2. The van der Waals surface area contributed by atoms with E-state index >= 15 is 0 Å². The molecule has 0 unspecified atom stereocenters. The van der Waals surface area contributed by atoms with Crippen molar-refractivity contribution in [2.24, 2.45) is 0 Å². The summed E-state index contributed by atoms with van der Waals surface area (Å²) in [4.78, 5) is 21.2. The molecule has 0 spiro atoms. The summed E-state index contributed by atoms with van der Waals surface area (Å²) in [5.74, 6) is 2.53. The lowest BCUT2D eigenvalue weighted by Gasteiger charge is -2.35. The maximum Gasteiger partial charge on any atom is 0.252 e. The Morgan fingerprint density at radius 3 is 2.68 bits per heavy atom. The van der Waals surface area contributed by atoms with E-state index in [9.17, 15) is 4.79 Å². The monoisotopic (exact) mass is 382 g/mol. The SMILES string of the molecule is CCCNC(=O)c1ccc(N2CCN(Cc3ccc4c(c3)OCO4)CC2)nc1. The zero-order chi connectivity index (χ0) is 19.3. The molecule has 0 atom stereocenters. The summed E-state index contributed by atoms with van der Waals surface area (Å²) in [5.41, 5.74) is 1.84. The van der Waals surface area contributed by atoms with E-state index in [1.54, 1.807) is 6.20 Å². The fraction of sp³-hybridized carbons (Fsp3) is 0.429. The summed E-state index contributed by atoms with van der Waals surface area (Å²) < 4.78 is 10.8. The van der Waals surface area contributed by atoms with E-state index in [0.29, 0.717) is 18.9 Å². The Kier molecular flexibility index (Phi) is 5.62. The predicted octanol–water partition coefficient (Wildman–Crippen LogP) is 2.27. The number of pyridine rings is 1. The second-order valence-electron chi connectivity index (χ2n) is 7.11. The van der Waals surface area contributed by atoms with E-state index in [1.165, 1.54) is 5.56 Å². The van der Waals surface area contributed by atoms with Crippen molar-refractivity contribution in [1.29, 1.82) is 0 Å². The number of amides is 1. The molecule has 0 bridgehead atoms. The number of piperazine rings is 1. The Labute approximate surface area is 165 Å². The molecular formula is C21H26N4O3. The van der Waals surface area contributed by atoms with Crippen molar-refractivity contribution in [3.05, 3.63) is 47.7 Å². The molecule has 7 heteroatoms. The van der Waals surface area contributed by atoms with Gasteiger partial charge in [-0.3, -0.25) is 9.69 Å². The zero-order valence-corrected chi connectivity index (χ0v) is 16.2. The molecule has 1 fully saturated rings. The van der Waals surface area contributed by atoms with Crippen LogP contribution in [0.2, 0.25) is 0 Å².